The van der Waals surface area contributed by atoms with Crippen LogP contribution < -0.4 is 5.32 Å². The third-order valence-electron chi connectivity index (χ3n) is 3.30. The molecular formula is C16H14N2O3S. The number of amides is 1. The van der Waals surface area contributed by atoms with Crippen LogP contribution in [0.5, 0.6) is 0 Å². The summed E-state index contributed by atoms with van der Waals surface area (Å²) in [6.45, 7) is 3.72. The summed E-state index contributed by atoms with van der Waals surface area (Å²) < 4.78 is 4.68. The second-order valence-corrected chi connectivity index (χ2v) is 5.82. The molecule has 0 saturated heterocycles. The molecule has 0 spiro atoms. The maximum Gasteiger partial charge on any atom is 0.338 e. The number of thiophene rings is 1. The molecule has 6 heteroatoms. The van der Waals surface area contributed by atoms with E-state index >= 15 is 0 Å². The number of hydrogen-bond acceptors (Lipinski definition) is 5. The Kier molecular flexibility index (Phi) is 4.59. The number of rotatable bonds is 3. The molecule has 0 radical (unpaired) electrons. The standard InChI is InChI=1S/C16H14N2O3S/c1-9-10(2)22-15(13(9)8-17)18-14(19)11-6-4-5-7-12(11)16(20)21-3/h4-7H,1-3H3,(H,18,19). The van der Waals surface area contributed by atoms with Crippen LogP contribution in [0.25, 0.3) is 0 Å². The third kappa shape index (κ3) is 2.85. The topological polar surface area (TPSA) is 79.2 Å². The van der Waals surface area contributed by atoms with Crippen LogP contribution in [0.15, 0.2) is 24.3 Å². The normalized spacial score (nSPS) is 9.91. The van der Waals surface area contributed by atoms with Crippen molar-refractivity contribution in [1.82, 2.24) is 0 Å². The third-order valence-corrected chi connectivity index (χ3v) is 4.42. The molecule has 1 aromatic heterocycles. The number of aryl methyl sites for hydroxylation is 1. The summed E-state index contributed by atoms with van der Waals surface area (Å²) in [5.74, 6) is -1.02. The van der Waals surface area contributed by atoms with Crippen LogP contribution in [-0.2, 0) is 4.74 Å². The van der Waals surface area contributed by atoms with E-state index < -0.39 is 11.9 Å². The van der Waals surface area contributed by atoms with Gasteiger partial charge in [0, 0.05) is 4.88 Å². The first kappa shape index (κ1) is 15.7. The molecule has 0 aliphatic heterocycles. The summed E-state index contributed by atoms with van der Waals surface area (Å²) in [7, 11) is 1.26. The number of ether oxygens (including phenoxy) is 1. The van der Waals surface area contributed by atoms with Crippen molar-refractivity contribution in [1.29, 1.82) is 5.26 Å². The molecule has 0 aliphatic carbocycles. The van der Waals surface area contributed by atoms with Gasteiger partial charge in [0.2, 0.25) is 0 Å². The van der Waals surface area contributed by atoms with Crippen LogP contribution in [0, 0.1) is 25.2 Å². The summed E-state index contributed by atoms with van der Waals surface area (Å²) in [6.07, 6.45) is 0. The maximum atomic E-state index is 12.4. The predicted octanol–water partition coefficient (Wildman–Crippen LogP) is 3.28. The summed E-state index contributed by atoms with van der Waals surface area (Å²) in [5.41, 5.74) is 1.70. The Labute approximate surface area is 132 Å². The van der Waals surface area contributed by atoms with Crippen LogP contribution >= 0.6 is 11.3 Å². The Morgan fingerprint density at radius 2 is 1.86 bits per heavy atom. The number of nitriles is 1. The summed E-state index contributed by atoms with van der Waals surface area (Å²) in [5, 5.41) is 12.4. The molecule has 0 unspecified atom stereocenters. The molecular weight excluding hydrogens is 300 g/mol. The molecule has 22 heavy (non-hydrogen) atoms. The molecule has 0 saturated carbocycles. The van der Waals surface area contributed by atoms with E-state index in [2.05, 4.69) is 16.1 Å². The molecule has 112 valence electrons. The molecule has 1 aromatic carbocycles. The lowest BCUT2D eigenvalue weighted by Crippen LogP contribution is -2.17. The number of benzene rings is 1. The fraction of sp³-hybridized carbons (Fsp3) is 0.188. The number of nitrogens with one attached hydrogen (secondary N) is 1. The van der Waals surface area contributed by atoms with Gasteiger partial charge in [-0.05, 0) is 31.5 Å². The van der Waals surface area contributed by atoms with Crippen molar-refractivity contribution in [3.8, 4) is 6.07 Å². The van der Waals surface area contributed by atoms with Gasteiger partial charge in [-0.1, -0.05) is 12.1 Å². The van der Waals surface area contributed by atoms with Crippen molar-refractivity contribution in [3.05, 3.63) is 51.4 Å². The Hall–Kier alpha value is -2.65. The quantitative estimate of drug-likeness (QED) is 0.882. The minimum absolute atomic E-state index is 0.186. The van der Waals surface area contributed by atoms with Crippen LogP contribution in [0.2, 0.25) is 0 Å². The molecule has 2 rings (SSSR count). The van der Waals surface area contributed by atoms with Crippen molar-refractivity contribution >= 4 is 28.2 Å². The Balaban J connectivity index is 2.37. The molecule has 2 aromatic rings. The van der Waals surface area contributed by atoms with Crippen LogP contribution in [0.1, 0.15) is 36.7 Å². The van der Waals surface area contributed by atoms with Gasteiger partial charge in [-0.25, -0.2) is 4.79 Å². The van der Waals surface area contributed by atoms with Gasteiger partial charge in [0.1, 0.15) is 11.1 Å². The van der Waals surface area contributed by atoms with Gasteiger partial charge >= 0.3 is 5.97 Å². The number of hydrogen-bond donors (Lipinski definition) is 1. The van der Waals surface area contributed by atoms with E-state index in [9.17, 15) is 14.9 Å². The van der Waals surface area contributed by atoms with Crippen molar-refractivity contribution in [2.24, 2.45) is 0 Å². The molecule has 1 N–H and O–H groups in total. The molecule has 1 heterocycles. The van der Waals surface area contributed by atoms with Gasteiger partial charge in [0.05, 0.1) is 23.8 Å². The first-order valence-electron chi connectivity index (χ1n) is 6.48. The second-order valence-electron chi connectivity index (χ2n) is 4.59. The number of carbonyl (C=O) groups is 2. The highest BCUT2D eigenvalue weighted by Gasteiger charge is 2.20. The average molecular weight is 314 g/mol. The largest absolute Gasteiger partial charge is 0.465 e. The van der Waals surface area contributed by atoms with Gasteiger partial charge in [-0.3, -0.25) is 4.79 Å². The van der Waals surface area contributed by atoms with Gasteiger partial charge in [0.15, 0.2) is 0 Å². The number of carbonyl (C=O) groups excluding carboxylic acids is 2. The van der Waals surface area contributed by atoms with E-state index in [1.54, 1.807) is 18.2 Å². The summed E-state index contributed by atoms with van der Waals surface area (Å²) >= 11 is 1.34. The van der Waals surface area contributed by atoms with Gasteiger partial charge < -0.3 is 10.1 Å². The lowest BCUT2D eigenvalue weighted by atomic mass is 10.1. The Bertz CT molecular complexity index is 787. The summed E-state index contributed by atoms with van der Waals surface area (Å²) in [4.78, 5) is 25.1. The van der Waals surface area contributed by atoms with Gasteiger partial charge in [-0.15, -0.1) is 11.3 Å². The lowest BCUT2D eigenvalue weighted by Gasteiger charge is -2.08. The van der Waals surface area contributed by atoms with E-state index in [-0.39, 0.29) is 11.1 Å². The minimum atomic E-state index is -0.579. The molecule has 0 fully saturated rings. The smallest absolute Gasteiger partial charge is 0.338 e. The van der Waals surface area contributed by atoms with E-state index in [1.165, 1.54) is 24.5 Å². The minimum Gasteiger partial charge on any atom is -0.465 e. The highest BCUT2D eigenvalue weighted by Crippen LogP contribution is 2.32. The maximum absolute atomic E-state index is 12.4. The monoisotopic (exact) mass is 314 g/mol. The predicted molar refractivity (Wildman–Crippen MR) is 84.2 cm³/mol. The number of methoxy groups -OCH3 is 1. The first-order chi connectivity index (χ1) is 10.5. The molecule has 5 nitrogen and oxygen atoms in total. The fourth-order valence-electron chi connectivity index (χ4n) is 1.99. The second kappa shape index (κ2) is 6.41. The highest BCUT2D eigenvalue weighted by molar-refractivity contribution is 7.16. The number of nitrogens with zero attached hydrogens (tertiary/aromatic N) is 1. The SMILES string of the molecule is COC(=O)c1ccccc1C(=O)Nc1sc(C)c(C)c1C#N. The van der Waals surface area contributed by atoms with Crippen LogP contribution in [0.3, 0.4) is 0 Å². The van der Waals surface area contributed by atoms with Crippen molar-refractivity contribution < 1.29 is 14.3 Å². The Morgan fingerprint density at radius 3 is 2.45 bits per heavy atom. The van der Waals surface area contributed by atoms with Crippen molar-refractivity contribution in [2.75, 3.05) is 12.4 Å². The van der Waals surface area contributed by atoms with Gasteiger partial charge in [0.25, 0.3) is 5.91 Å². The molecule has 0 bridgehead atoms. The van der Waals surface area contributed by atoms with Crippen molar-refractivity contribution in [3.63, 3.8) is 0 Å². The van der Waals surface area contributed by atoms with E-state index in [0.29, 0.717) is 10.6 Å². The summed E-state index contributed by atoms with van der Waals surface area (Å²) in [6, 6.07) is 8.48. The molecule has 0 aliphatic rings. The Morgan fingerprint density at radius 1 is 1.23 bits per heavy atom. The average Bonchev–Trinajstić information content (AvgIpc) is 2.80. The highest BCUT2D eigenvalue weighted by atomic mass is 32.1. The fourth-order valence-corrected chi connectivity index (χ4v) is 3.00. The zero-order valence-electron chi connectivity index (χ0n) is 12.4. The first-order valence-corrected chi connectivity index (χ1v) is 7.30. The number of esters is 1. The number of anilines is 1. The van der Waals surface area contributed by atoms with Crippen molar-refractivity contribution in [2.45, 2.75) is 13.8 Å². The van der Waals surface area contributed by atoms with Gasteiger partial charge in [-0.2, -0.15) is 5.26 Å². The molecule has 1 amide bonds. The van der Waals surface area contributed by atoms with E-state index in [4.69, 9.17) is 0 Å². The zero-order chi connectivity index (χ0) is 16.3. The van der Waals surface area contributed by atoms with E-state index in [0.717, 1.165) is 10.4 Å². The van der Waals surface area contributed by atoms with Crippen LogP contribution in [-0.4, -0.2) is 19.0 Å². The zero-order valence-corrected chi connectivity index (χ0v) is 13.2. The van der Waals surface area contributed by atoms with Crippen LogP contribution in [0.4, 0.5) is 5.00 Å². The molecule has 0 atom stereocenters. The van der Waals surface area contributed by atoms with E-state index in [1.807, 2.05) is 13.8 Å². The lowest BCUT2D eigenvalue weighted by molar-refractivity contribution is 0.0597.